The number of piperidine rings is 1. The summed E-state index contributed by atoms with van der Waals surface area (Å²) >= 11 is 1.56. The summed E-state index contributed by atoms with van der Waals surface area (Å²) in [6.45, 7) is 3.86. The molecule has 3 aromatic rings. The first-order valence-electron chi connectivity index (χ1n) is 8.65. The summed E-state index contributed by atoms with van der Waals surface area (Å²) in [6, 6.07) is 3.54. The van der Waals surface area contributed by atoms with Crippen molar-refractivity contribution < 1.29 is 13.6 Å². The van der Waals surface area contributed by atoms with E-state index in [0.717, 1.165) is 25.9 Å². The molecular weight excluding hydrogens is 388 g/mol. The van der Waals surface area contributed by atoms with E-state index in [4.69, 9.17) is 8.83 Å². The molecule has 0 aromatic carbocycles. The summed E-state index contributed by atoms with van der Waals surface area (Å²) < 4.78 is 10.9. The van der Waals surface area contributed by atoms with Crippen LogP contribution in [0.4, 0.5) is 5.13 Å². The SMILES string of the molecule is Cc1oc(-c2ccco2)nc1CC(=O)Nc1ncc(C2CCNCC2)s1.Cl. The number of rotatable bonds is 5. The van der Waals surface area contributed by atoms with Gasteiger partial charge in [-0.25, -0.2) is 9.97 Å². The first kappa shape index (κ1) is 19.6. The molecule has 1 aliphatic heterocycles. The molecule has 1 fully saturated rings. The summed E-state index contributed by atoms with van der Waals surface area (Å²) in [5.41, 5.74) is 0.601. The normalized spacial score (nSPS) is 14.7. The van der Waals surface area contributed by atoms with Crippen molar-refractivity contribution in [3.8, 4) is 11.7 Å². The third-order valence-corrected chi connectivity index (χ3v) is 5.54. The second-order valence-corrected chi connectivity index (χ2v) is 7.38. The third kappa shape index (κ3) is 4.58. The van der Waals surface area contributed by atoms with Crippen molar-refractivity contribution in [3.05, 3.63) is 40.9 Å². The Balaban J connectivity index is 0.00000210. The van der Waals surface area contributed by atoms with Gasteiger partial charge in [0.05, 0.1) is 18.4 Å². The summed E-state index contributed by atoms with van der Waals surface area (Å²) in [7, 11) is 0. The number of nitrogens with zero attached hydrogens (tertiary/aromatic N) is 2. The van der Waals surface area contributed by atoms with Crippen LogP contribution in [-0.4, -0.2) is 29.0 Å². The molecule has 9 heteroatoms. The van der Waals surface area contributed by atoms with Crippen LogP contribution in [0.5, 0.6) is 0 Å². The average molecular weight is 409 g/mol. The second kappa shape index (κ2) is 8.69. The Labute approximate surface area is 167 Å². The molecule has 0 unspecified atom stereocenters. The molecule has 0 spiro atoms. The largest absolute Gasteiger partial charge is 0.459 e. The van der Waals surface area contributed by atoms with E-state index in [1.165, 1.54) is 4.88 Å². The molecule has 4 heterocycles. The predicted octanol–water partition coefficient (Wildman–Crippen LogP) is 3.77. The number of anilines is 1. The van der Waals surface area contributed by atoms with Crippen LogP contribution in [0.25, 0.3) is 11.7 Å². The Morgan fingerprint density at radius 1 is 1.41 bits per heavy atom. The molecule has 0 atom stereocenters. The second-order valence-electron chi connectivity index (χ2n) is 6.32. The summed E-state index contributed by atoms with van der Waals surface area (Å²) in [5, 5.41) is 6.86. The molecule has 0 bridgehead atoms. The zero-order chi connectivity index (χ0) is 17.9. The monoisotopic (exact) mass is 408 g/mol. The molecular formula is C18H21ClN4O3S. The van der Waals surface area contributed by atoms with Gasteiger partial charge in [-0.1, -0.05) is 0 Å². The van der Waals surface area contributed by atoms with Gasteiger partial charge in [-0.15, -0.1) is 23.7 Å². The van der Waals surface area contributed by atoms with Gasteiger partial charge in [0.1, 0.15) is 5.76 Å². The number of hydrogen-bond donors (Lipinski definition) is 2. The van der Waals surface area contributed by atoms with E-state index in [1.807, 2.05) is 6.20 Å². The van der Waals surface area contributed by atoms with Gasteiger partial charge in [-0.3, -0.25) is 4.79 Å². The molecule has 0 radical (unpaired) electrons. The van der Waals surface area contributed by atoms with Gasteiger partial charge in [-0.05, 0) is 50.9 Å². The number of amides is 1. The topological polar surface area (TPSA) is 93.2 Å². The Hall–Kier alpha value is -2.16. The lowest BCUT2D eigenvalue weighted by Crippen LogP contribution is -2.26. The zero-order valence-corrected chi connectivity index (χ0v) is 16.5. The molecule has 2 N–H and O–H groups in total. The third-order valence-electron chi connectivity index (χ3n) is 4.46. The number of oxazole rings is 1. The number of carbonyl (C=O) groups excluding carboxylic acids is 1. The lowest BCUT2D eigenvalue weighted by Gasteiger charge is -2.20. The fraction of sp³-hybridized carbons (Fsp3) is 0.389. The fourth-order valence-corrected chi connectivity index (χ4v) is 4.05. The van der Waals surface area contributed by atoms with Gasteiger partial charge in [0.15, 0.2) is 10.9 Å². The first-order valence-corrected chi connectivity index (χ1v) is 9.47. The van der Waals surface area contributed by atoms with Crippen LogP contribution in [0.2, 0.25) is 0 Å². The van der Waals surface area contributed by atoms with Crippen molar-refractivity contribution in [2.75, 3.05) is 18.4 Å². The van der Waals surface area contributed by atoms with Crippen molar-refractivity contribution in [1.82, 2.24) is 15.3 Å². The molecule has 144 valence electrons. The van der Waals surface area contributed by atoms with Crippen molar-refractivity contribution in [2.45, 2.75) is 32.1 Å². The number of furan rings is 1. The van der Waals surface area contributed by atoms with Crippen molar-refractivity contribution in [3.63, 3.8) is 0 Å². The Kier molecular flexibility index (Phi) is 6.30. The number of aryl methyl sites for hydroxylation is 1. The molecule has 27 heavy (non-hydrogen) atoms. The lowest BCUT2D eigenvalue weighted by atomic mass is 9.97. The maximum absolute atomic E-state index is 12.4. The maximum Gasteiger partial charge on any atom is 0.263 e. The van der Waals surface area contributed by atoms with Crippen molar-refractivity contribution in [2.24, 2.45) is 0 Å². The minimum Gasteiger partial charge on any atom is -0.459 e. The van der Waals surface area contributed by atoms with Gasteiger partial charge >= 0.3 is 0 Å². The molecule has 3 aromatic heterocycles. The van der Waals surface area contributed by atoms with E-state index in [9.17, 15) is 4.79 Å². The highest BCUT2D eigenvalue weighted by atomic mass is 35.5. The Bertz CT molecular complexity index is 884. The zero-order valence-electron chi connectivity index (χ0n) is 14.9. The Morgan fingerprint density at radius 3 is 2.96 bits per heavy atom. The molecule has 0 saturated carbocycles. The number of aromatic nitrogens is 2. The van der Waals surface area contributed by atoms with Crippen molar-refractivity contribution in [1.29, 1.82) is 0 Å². The van der Waals surface area contributed by atoms with E-state index in [2.05, 4.69) is 20.6 Å². The Morgan fingerprint density at radius 2 is 2.22 bits per heavy atom. The highest BCUT2D eigenvalue weighted by molar-refractivity contribution is 7.15. The molecule has 1 aliphatic rings. The molecule has 1 amide bonds. The first-order chi connectivity index (χ1) is 12.7. The number of nitrogens with one attached hydrogen (secondary N) is 2. The highest BCUT2D eigenvalue weighted by Gasteiger charge is 2.20. The van der Waals surface area contributed by atoms with Crippen LogP contribution in [-0.2, 0) is 11.2 Å². The summed E-state index contributed by atoms with van der Waals surface area (Å²) in [6.07, 6.45) is 5.81. The lowest BCUT2D eigenvalue weighted by molar-refractivity contribution is -0.115. The number of hydrogen-bond acceptors (Lipinski definition) is 7. The van der Waals surface area contributed by atoms with E-state index in [0.29, 0.717) is 34.2 Å². The van der Waals surface area contributed by atoms with Crippen molar-refractivity contribution >= 4 is 34.8 Å². The fourth-order valence-electron chi connectivity index (χ4n) is 3.05. The molecule has 7 nitrogen and oxygen atoms in total. The smallest absolute Gasteiger partial charge is 0.263 e. The van der Waals surface area contributed by atoms with Crippen LogP contribution in [0.15, 0.2) is 33.4 Å². The van der Waals surface area contributed by atoms with Gasteiger partial charge in [-0.2, -0.15) is 0 Å². The van der Waals surface area contributed by atoms with Gasteiger partial charge in [0.25, 0.3) is 5.89 Å². The van der Waals surface area contributed by atoms with E-state index in [-0.39, 0.29) is 24.7 Å². The molecule has 4 rings (SSSR count). The predicted molar refractivity (Wildman–Crippen MR) is 105 cm³/mol. The minimum atomic E-state index is -0.154. The van der Waals surface area contributed by atoms with Crippen LogP contribution in [0.3, 0.4) is 0 Å². The van der Waals surface area contributed by atoms with E-state index < -0.39 is 0 Å². The van der Waals surface area contributed by atoms with Gasteiger partial charge < -0.3 is 19.5 Å². The molecule has 0 aliphatic carbocycles. The summed E-state index contributed by atoms with van der Waals surface area (Å²) in [5.74, 6) is 1.93. The number of halogens is 1. The van der Waals surface area contributed by atoms with Crippen LogP contribution in [0.1, 0.15) is 35.1 Å². The molecule has 1 saturated heterocycles. The van der Waals surface area contributed by atoms with Gasteiger partial charge in [0, 0.05) is 11.1 Å². The number of thiazole rings is 1. The average Bonchev–Trinajstić information content (AvgIpc) is 3.38. The van der Waals surface area contributed by atoms with Crippen LogP contribution < -0.4 is 10.6 Å². The quantitative estimate of drug-likeness (QED) is 0.667. The van der Waals surface area contributed by atoms with E-state index >= 15 is 0 Å². The maximum atomic E-state index is 12.4. The standard InChI is InChI=1S/C18H20N4O3S.ClH/c1-11-13(21-17(25-11)14-3-2-8-24-14)9-16(23)22-18-20-10-15(26-18)12-4-6-19-7-5-12;/h2-3,8,10,12,19H,4-7,9H2,1H3,(H,20,22,23);1H. The van der Waals surface area contributed by atoms with E-state index in [1.54, 1.807) is 36.7 Å². The summed E-state index contributed by atoms with van der Waals surface area (Å²) in [4.78, 5) is 22.3. The van der Waals surface area contributed by atoms with Crippen LogP contribution >= 0.6 is 23.7 Å². The van der Waals surface area contributed by atoms with Crippen LogP contribution in [0, 0.1) is 6.92 Å². The number of carbonyl (C=O) groups is 1. The van der Waals surface area contributed by atoms with Gasteiger partial charge in [0.2, 0.25) is 5.91 Å². The highest BCUT2D eigenvalue weighted by Crippen LogP contribution is 2.31. The minimum absolute atomic E-state index is 0.